The first-order valence-corrected chi connectivity index (χ1v) is 6.37. The molecule has 0 bridgehead atoms. The zero-order chi connectivity index (χ0) is 13.9. The molecule has 0 aliphatic heterocycles. The van der Waals surface area contributed by atoms with Crippen LogP contribution < -0.4 is 5.73 Å². The van der Waals surface area contributed by atoms with Crippen LogP contribution in [0.3, 0.4) is 0 Å². The van der Waals surface area contributed by atoms with Crippen molar-refractivity contribution in [1.82, 2.24) is 0 Å². The Balaban J connectivity index is 2.28. The molecule has 2 rings (SSSR count). The summed E-state index contributed by atoms with van der Waals surface area (Å²) in [6.07, 6.45) is 0.342. The number of hydrogen-bond acceptors (Lipinski definition) is 1. The van der Waals surface area contributed by atoms with Gasteiger partial charge in [0.05, 0.1) is 0 Å². The molecule has 0 atom stereocenters. The second kappa shape index (κ2) is 5.39. The van der Waals surface area contributed by atoms with Crippen LogP contribution in [0.25, 0.3) is 11.1 Å². The Morgan fingerprint density at radius 2 is 1.68 bits per heavy atom. The quantitative estimate of drug-likeness (QED) is 0.784. The van der Waals surface area contributed by atoms with E-state index < -0.39 is 5.92 Å². The first-order valence-electron chi connectivity index (χ1n) is 6.37. The Morgan fingerprint density at radius 1 is 1.00 bits per heavy atom. The van der Waals surface area contributed by atoms with Gasteiger partial charge in [-0.25, -0.2) is 8.78 Å². The number of benzene rings is 2. The maximum atomic E-state index is 13.7. The van der Waals surface area contributed by atoms with Gasteiger partial charge in [0.2, 0.25) is 0 Å². The monoisotopic (exact) mass is 261 g/mol. The Labute approximate surface area is 112 Å². The Bertz CT molecular complexity index is 547. The lowest BCUT2D eigenvalue weighted by atomic mass is 9.99. The van der Waals surface area contributed by atoms with Crippen LogP contribution in [0.5, 0.6) is 0 Å². The van der Waals surface area contributed by atoms with Gasteiger partial charge in [0, 0.05) is 17.7 Å². The molecule has 0 unspecified atom stereocenters. The Hall–Kier alpha value is -1.90. The number of hydrogen-bond donors (Lipinski definition) is 1. The zero-order valence-electron chi connectivity index (χ0n) is 10.9. The van der Waals surface area contributed by atoms with Gasteiger partial charge < -0.3 is 5.73 Å². The van der Waals surface area contributed by atoms with Crippen molar-refractivity contribution in [3.8, 4) is 11.1 Å². The fourth-order valence-corrected chi connectivity index (χ4v) is 2.08. The summed E-state index contributed by atoms with van der Waals surface area (Å²) in [5.74, 6) is -2.75. The van der Waals surface area contributed by atoms with Crippen LogP contribution in [0.4, 0.5) is 14.5 Å². The van der Waals surface area contributed by atoms with Gasteiger partial charge in [-0.2, -0.15) is 0 Å². The smallest absolute Gasteiger partial charge is 0.273 e. The van der Waals surface area contributed by atoms with E-state index in [1.165, 1.54) is 12.1 Å². The number of nitrogens with two attached hydrogens (primary N) is 1. The van der Waals surface area contributed by atoms with Gasteiger partial charge in [-0.15, -0.1) is 0 Å². The van der Waals surface area contributed by atoms with Crippen LogP contribution in [0, 0.1) is 0 Å². The first-order chi connectivity index (χ1) is 9.03. The molecule has 0 saturated heterocycles. The van der Waals surface area contributed by atoms with Gasteiger partial charge in [-0.1, -0.05) is 49.7 Å². The maximum absolute atomic E-state index is 13.7. The van der Waals surface area contributed by atoms with Crippen LogP contribution in [0.15, 0.2) is 48.5 Å². The largest absolute Gasteiger partial charge is 0.399 e. The van der Waals surface area contributed by atoms with E-state index in [-0.39, 0.29) is 12.0 Å². The lowest BCUT2D eigenvalue weighted by Gasteiger charge is -2.16. The van der Waals surface area contributed by atoms with E-state index in [1.807, 2.05) is 18.2 Å². The summed E-state index contributed by atoms with van der Waals surface area (Å²) in [6.45, 7) is 1.76. The molecule has 0 heterocycles. The second-order valence-electron chi connectivity index (χ2n) is 4.66. The van der Waals surface area contributed by atoms with Crippen molar-refractivity contribution in [1.29, 1.82) is 0 Å². The van der Waals surface area contributed by atoms with Gasteiger partial charge in [0.1, 0.15) is 0 Å². The van der Waals surface area contributed by atoms with Gasteiger partial charge in [0.15, 0.2) is 0 Å². The predicted molar refractivity (Wildman–Crippen MR) is 75.1 cm³/mol. The average Bonchev–Trinajstić information content (AvgIpc) is 2.39. The van der Waals surface area contributed by atoms with E-state index >= 15 is 0 Å². The van der Waals surface area contributed by atoms with Crippen LogP contribution in [0.1, 0.15) is 25.3 Å². The lowest BCUT2D eigenvalue weighted by Crippen LogP contribution is -2.12. The van der Waals surface area contributed by atoms with Crippen LogP contribution in [-0.4, -0.2) is 0 Å². The van der Waals surface area contributed by atoms with E-state index in [9.17, 15) is 8.78 Å². The van der Waals surface area contributed by atoms with Crippen LogP contribution in [-0.2, 0) is 5.92 Å². The number of anilines is 1. The average molecular weight is 261 g/mol. The van der Waals surface area contributed by atoms with Gasteiger partial charge in [-0.3, -0.25) is 0 Å². The van der Waals surface area contributed by atoms with Crippen molar-refractivity contribution in [3.63, 3.8) is 0 Å². The zero-order valence-corrected chi connectivity index (χ0v) is 10.9. The fourth-order valence-electron chi connectivity index (χ4n) is 2.08. The summed E-state index contributed by atoms with van der Waals surface area (Å²) < 4.78 is 27.5. The normalized spacial score (nSPS) is 11.5. The summed E-state index contributed by atoms with van der Waals surface area (Å²) in [6, 6.07) is 13.8. The van der Waals surface area contributed by atoms with Crippen molar-refractivity contribution in [2.24, 2.45) is 0 Å². The molecule has 2 N–H and O–H groups in total. The third-order valence-corrected chi connectivity index (χ3v) is 3.09. The predicted octanol–water partition coefficient (Wildman–Crippen LogP) is 4.83. The molecule has 0 radical (unpaired) electrons. The minimum absolute atomic E-state index is 0.0713. The summed E-state index contributed by atoms with van der Waals surface area (Å²) in [4.78, 5) is 0. The Kier molecular flexibility index (Phi) is 3.84. The van der Waals surface area contributed by atoms with E-state index in [0.717, 1.165) is 11.1 Å². The van der Waals surface area contributed by atoms with E-state index in [2.05, 4.69) is 0 Å². The molecule has 0 aliphatic carbocycles. The third-order valence-electron chi connectivity index (χ3n) is 3.09. The van der Waals surface area contributed by atoms with E-state index in [0.29, 0.717) is 12.1 Å². The Morgan fingerprint density at radius 3 is 2.26 bits per heavy atom. The van der Waals surface area contributed by atoms with Crippen molar-refractivity contribution in [2.45, 2.75) is 25.7 Å². The molecule has 0 amide bonds. The van der Waals surface area contributed by atoms with Gasteiger partial charge in [-0.05, 0) is 23.3 Å². The highest BCUT2D eigenvalue weighted by Crippen LogP contribution is 2.34. The van der Waals surface area contributed by atoms with E-state index in [4.69, 9.17) is 5.73 Å². The van der Waals surface area contributed by atoms with Gasteiger partial charge >= 0.3 is 0 Å². The van der Waals surface area contributed by atoms with Gasteiger partial charge in [0.25, 0.3) is 5.92 Å². The summed E-state index contributed by atoms with van der Waals surface area (Å²) >= 11 is 0. The SMILES string of the molecule is CCCC(F)(F)c1ccc(-c2cccc(N)c2)cc1. The number of alkyl halides is 2. The highest BCUT2D eigenvalue weighted by Gasteiger charge is 2.29. The molecular formula is C16H17F2N. The maximum Gasteiger partial charge on any atom is 0.273 e. The number of halogens is 2. The minimum Gasteiger partial charge on any atom is -0.399 e. The van der Waals surface area contributed by atoms with Crippen LogP contribution >= 0.6 is 0 Å². The molecule has 1 nitrogen and oxygen atoms in total. The second-order valence-corrected chi connectivity index (χ2v) is 4.66. The molecule has 0 aliphatic rings. The molecule has 100 valence electrons. The summed E-state index contributed by atoms with van der Waals surface area (Å²) in [7, 11) is 0. The molecule has 0 aromatic heterocycles. The number of rotatable bonds is 4. The van der Waals surface area contributed by atoms with Crippen molar-refractivity contribution >= 4 is 5.69 Å². The first kappa shape index (κ1) is 13.5. The highest BCUT2D eigenvalue weighted by molar-refractivity contribution is 5.67. The standard InChI is InChI=1S/C16H17F2N/c1-2-10-16(17,18)14-8-6-12(7-9-14)13-4-3-5-15(19)11-13/h3-9,11H,2,10,19H2,1H3. The molecule has 3 heteroatoms. The van der Waals surface area contributed by atoms with Crippen molar-refractivity contribution < 1.29 is 8.78 Å². The molecule has 2 aromatic carbocycles. The van der Waals surface area contributed by atoms with Crippen molar-refractivity contribution in [2.75, 3.05) is 5.73 Å². The molecule has 2 aromatic rings. The highest BCUT2D eigenvalue weighted by atomic mass is 19.3. The van der Waals surface area contributed by atoms with Crippen LogP contribution in [0.2, 0.25) is 0 Å². The topological polar surface area (TPSA) is 26.0 Å². The molecule has 0 saturated carbocycles. The minimum atomic E-state index is -2.75. The summed E-state index contributed by atoms with van der Waals surface area (Å²) in [5, 5.41) is 0. The molecule has 19 heavy (non-hydrogen) atoms. The van der Waals surface area contributed by atoms with E-state index in [1.54, 1.807) is 25.1 Å². The molecule has 0 spiro atoms. The third kappa shape index (κ3) is 3.11. The molecule has 0 fully saturated rings. The molecular weight excluding hydrogens is 244 g/mol. The fraction of sp³-hybridized carbons (Fsp3) is 0.250. The lowest BCUT2D eigenvalue weighted by molar-refractivity contribution is -0.0140. The van der Waals surface area contributed by atoms with Crippen molar-refractivity contribution in [3.05, 3.63) is 54.1 Å². The number of nitrogen functional groups attached to an aromatic ring is 1. The summed E-state index contributed by atoms with van der Waals surface area (Å²) in [5.41, 5.74) is 8.28.